The van der Waals surface area contributed by atoms with Crippen LogP contribution in [0.1, 0.15) is 16.8 Å². The van der Waals surface area contributed by atoms with Gasteiger partial charge < -0.3 is 19.7 Å². The van der Waals surface area contributed by atoms with Crippen LogP contribution in [0.25, 0.3) is 0 Å². The van der Waals surface area contributed by atoms with E-state index in [1.807, 2.05) is 18.2 Å². The molecule has 0 aliphatic carbocycles. The first-order valence-electron chi connectivity index (χ1n) is 8.18. The number of aliphatic imine (C=N–C) groups is 1. The lowest BCUT2D eigenvalue weighted by Crippen LogP contribution is -2.38. The Hall–Kier alpha value is -2.18. The fourth-order valence-electron chi connectivity index (χ4n) is 2.85. The quantitative estimate of drug-likeness (QED) is 0.389. The largest absolute Gasteiger partial charge is 0.454 e. The Morgan fingerprint density at radius 2 is 2.04 bits per heavy atom. The number of hydrogen-bond donors (Lipinski definition) is 1. The summed E-state index contributed by atoms with van der Waals surface area (Å²) in [5, 5.41) is 6.45. The summed E-state index contributed by atoms with van der Waals surface area (Å²) < 4.78 is 51.0. The summed E-state index contributed by atoms with van der Waals surface area (Å²) in [7, 11) is 4.83. The van der Waals surface area contributed by atoms with Crippen LogP contribution in [0.2, 0.25) is 0 Å². The second kappa shape index (κ2) is 8.88. The molecule has 1 N–H and O–H groups in total. The maximum absolute atomic E-state index is 13.1. The molecule has 0 unspecified atom stereocenters. The SMILES string of the molecule is CN=C(NCc1cn(C)nc1C(F)(F)F)N(C)Cc1ccc2c(c1)OCO2.I. The molecule has 0 atom stereocenters. The average Bonchev–Trinajstić information content (AvgIpc) is 3.20. The van der Waals surface area contributed by atoms with Gasteiger partial charge in [-0.2, -0.15) is 18.3 Å². The molecular formula is C17H21F3IN5O2. The van der Waals surface area contributed by atoms with Gasteiger partial charge in [0.05, 0.1) is 0 Å². The maximum Gasteiger partial charge on any atom is 0.435 e. The van der Waals surface area contributed by atoms with Gasteiger partial charge in [-0.3, -0.25) is 9.67 Å². The van der Waals surface area contributed by atoms with E-state index in [4.69, 9.17) is 9.47 Å². The smallest absolute Gasteiger partial charge is 0.435 e. The molecule has 0 spiro atoms. The molecule has 154 valence electrons. The van der Waals surface area contributed by atoms with E-state index in [-0.39, 0.29) is 42.9 Å². The molecule has 0 saturated carbocycles. The highest BCUT2D eigenvalue weighted by atomic mass is 127. The van der Waals surface area contributed by atoms with Gasteiger partial charge in [0.1, 0.15) is 0 Å². The summed E-state index contributed by atoms with van der Waals surface area (Å²) in [6.07, 6.45) is -3.15. The Morgan fingerprint density at radius 1 is 1.32 bits per heavy atom. The molecular weight excluding hydrogens is 490 g/mol. The molecule has 0 radical (unpaired) electrons. The predicted molar refractivity (Wildman–Crippen MR) is 108 cm³/mol. The van der Waals surface area contributed by atoms with Crippen molar-refractivity contribution in [2.45, 2.75) is 19.3 Å². The molecule has 7 nitrogen and oxygen atoms in total. The van der Waals surface area contributed by atoms with Gasteiger partial charge in [-0.05, 0) is 17.7 Å². The van der Waals surface area contributed by atoms with Crippen molar-refractivity contribution in [1.82, 2.24) is 20.0 Å². The number of halogens is 4. The summed E-state index contributed by atoms with van der Waals surface area (Å²) in [6, 6.07) is 5.60. The molecule has 0 fully saturated rings. The second-order valence-electron chi connectivity index (χ2n) is 6.12. The van der Waals surface area contributed by atoms with E-state index >= 15 is 0 Å². The van der Waals surface area contributed by atoms with Gasteiger partial charge in [0.15, 0.2) is 23.2 Å². The Balaban J connectivity index is 0.00000280. The topological polar surface area (TPSA) is 63.9 Å². The number of benzene rings is 1. The van der Waals surface area contributed by atoms with Crippen molar-refractivity contribution in [3.05, 3.63) is 41.2 Å². The third kappa shape index (κ3) is 5.00. The lowest BCUT2D eigenvalue weighted by molar-refractivity contribution is -0.142. The number of nitrogens with zero attached hydrogens (tertiary/aromatic N) is 4. The van der Waals surface area contributed by atoms with E-state index in [1.165, 1.54) is 13.2 Å². The van der Waals surface area contributed by atoms with Crippen LogP contribution in [-0.2, 0) is 26.3 Å². The Kier molecular flexibility index (Phi) is 7.01. The molecule has 0 saturated heterocycles. The van der Waals surface area contributed by atoms with Crippen LogP contribution in [0.15, 0.2) is 29.4 Å². The van der Waals surface area contributed by atoms with Crippen molar-refractivity contribution in [3.63, 3.8) is 0 Å². The first kappa shape index (κ1) is 22.1. The number of guanidine groups is 1. The first-order valence-corrected chi connectivity index (χ1v) is 8.18. The molecule has 1 aliphatic heterocycles. The first-order chi connectivity index (χ1) is 12.8. The second-order valence-corrected chi connectivity index (χ2v) is 6.12. The third-order valence-electron chi connectivity index (χ3n) is 4.04. The van der Waals surface area contributed by atoms with Crippen molar-refractivity contribution in [3.8, 4) is 11.5 Å². The van der Waals surface area contributed by atoms with E-state index in [1.54, 1.807) is 19.0 Å². The van der Waals surface area contributed by atoms with Crippen LogP contribution in [0, 0.1) is 0 Å². The fourth-order valence-corrected chi connectivity index (χ4v) is 2.85. The molecule has 11 heteroatoms. The zero-order chi connectivity index (χ0) is 19.6. The lowest BCUT2D eigenvalue weighted by Gasteiger charge is -2.22. The number of ether oxygens (including phenoxy) is 2. The summed E-state index contributed by atoms with van der Waals surface area (Å²) >= 11 is 0. The van der Waals surface area contributed by atoms with E-state index in [0.717, 1.165) is 10.2 Å². The minimum Gasteiger partial charge on any atom is -0.454 e. The Labute approximate surface area is 177 Å². The number of nitrogens with one attached hydrogen (secondary N) is 1. The van der Waals surface area contributed by atoms with Crippen LogP contribution in [-0.4, -0.2) is 41.5 Å². The minimum atomic E-state index is -4.50. The Bertz CT molecular complexity index is 854. The van der Waals surface area contributed by atoms with Crippen molar-refractivity contribution in [2.24, 2.45) is 12.0 Å². The van der Waals surface area contributed by atoms with E-state index in [0.29, 0.717) is 24.0 Å². The summed E-state index contributed by atoms with van der Waals surface area (Å²) in [5.74, 6) is 1.83. The number of aromatic nitrogens is 2. The van der Waals surface area contributed by atoms with Gasteiger partial charge in [0, 0.05) is 46.0 Å². The summed E-state index contributed by atoms with van der Waals surface area (Å²) in [4.78, 5) is 5.94. The van der Waals surface area contributed by atoms with Crippen LogP contribution >= 0.6 is 24.0 Å². The normalized spacial score (nSPS) is 13.3. The maximum atomic E-state index is 13.1. The number of hydrogen-bond acceptors (Lipinski definition) is 4. The zero-order valence-electron chi connectivity index (χ0n) is 15.6. The monoisotopic (exact) mass is 511 g/mol. The molecule has 1 aromatic heterocycles. The van der Waals surface area contributed by atoms with Crippen LogP contribution in [0.4, 0.5) is 13.2 Å². The highest BCUT2D eigenvalue weighted by Crippen LogP contribution is 2.33. The molecule has 28 heavy (non-hydrogen) atoms. The van der Waals surface area contributed by atoms with Crippen molar-refractivity contribution in [1.29, 1.82) is 0 Å². The van der Waals surface area contributed by atoms with Crippen LogP contribution < -0.4 is 14.8 Å². The van der Waals surface area contributed by atoms with Crippen molar-refractivity contribution in [2.75, 3.05) is 20.9 Å². The van der Waals surface area contributed by atoms with E-state index < -0.39 is 11.9 Å². The lowest BCUT2D eigenvalue weighted by atomic mass is 10.2. The van der Waals surface area contributed by atoms with Crippen LogP contribution in [0.3, 0.4) is 0 Å². The molecule has 0 amide bonds. The summed E-state index contributed by atoms with van der Waals surface area (Å²) in [5.41, 5.74) is 0.121. The molecule has 0 bridgehead atoms. The van der Waals surface area contributed by atoms with Gasteiger partial charge in [0.25, 0.3) is 0 Å². The predicted octanol–water partition coefficient (Wildman–Crippen LogP) is 2.99. The highest BCUT2D eigenvalue weighted by molar-refractivity contribution is 14.0. The van der Waals surface area contributed by atoms with Gasteiger partial charge in [-0.1, -0.05) is 6.07 Å². The van der Waals surface area contributed by atoms with Crippen molar-refractivity contribution < 1.29 is 22.6 Å². The zero-order valence-corrected chi connectivity index (χ0v) is 17.9. The third-order valence-corrected chi connectivity index (χ3v) is 4.04. The van der Waals surface area contributed by atoms with E-state index in [9.17, 15) is 13.2 Å². The number of fused-ring (bicyclic) bond motifs is 1. The number of alkyl halides is 3. The van der Waals surface area contributed by atoms with Gasteiger partial charge in [-0.15, -0.1) is 24.0 Å². The van der Waals surface area contributed by atoms with E-state index in [2.05, 4.69) is 15.4 Å². The Morgan fingerprint density at radius 3 is 2.71 bits per heavy atom. The summed E-state index contributed by atoms with van der Waals surface area (Å²) in [6.45, 7) is 0.654. The standard InChI is InChI=1S/C17H20F3N5O2.HI/c1-21-16(22-7-12-9-25(3)23-15(12)17(18,19)20)24(2)8-11-4-5-13-14(6-11)27-10-26-13;/h4-6,9H,7-8,10H2,1-3H3,(H,21,22);1H. The molecule has 3 rings (SSSR count). The molecule has 2 aromatic rings. The molecule has 2 heterocycles. The average molecular weight is 511 g/mol. The number of aryl methyl sites for hydroxylation is 1. The minimum absolute atomic E-state index is 0. The van der Waals surface area contributed by atoms with Crippen molar-refractivity contribution >= 4 is 29.9 Å². The van der Waals surface area contributed by atoms with Gasteiger partial charge in [-0.25, -0.2) is 0 Å². The fraction of sp³-hybridized carbons (Fsp3) is 0.412. The van der Waals surface area contributed by atoms with Crippen LogP contribution in [0.5, 0.6) is 11.5 Å². The highest BCUT2D eigenvalue weighted by Gasteiger charge is 2.36. The molecule has 1 aromatic carbocycles. The van der Waals surface area contributed by atoms with Gasteiger partial charge >= 0.3 is 6.18 Å². The molecule has 1 aliphatic rings. The number of rotatable bonds is 4. The van der Waals surface area contributed by atoms with Gasteiger partial charge in [0.2, 0.25) is 6.79 Å².